The van der Waals surface area contributed by atoms with Crippen LogP contribution in [0.25, 0.3) is 22.2 Å². The van der Waals surface area contributed by atoms with Crippen LogP contribution in [0.1, 0.15) is 10.6 Å². The van der Waals surface area contributed by atoms with E-state index in [0.29, 0.717) is 26.0 Å². The molecule has 7 nitrogen and oxygen atoms in total. The molecular formula is C21H15N3O4S2. The SMILES string of the molecule is NC(=O)CSc1nc(-c2ccccc2)c(NC(=O)c2cc(=O)c3ccccc3o2)s1. The molecular weight excluding hydrogens is 422 g/mol. The number of hydrogen-bond acceptors (Lipinski definition) is 7. The van der Waals surface area contributed by atoms with Gasteiger partial charge in [0.1, 0.15) is 16.3 Å². The van der Waals surface area contributed by atoms with Crippen LogP contribution in [0.4, 0.5) is 5.00 Å². The quantitative estimate of drug-likeness (QED) is 0.444. The first-order valence-corrected chi connectivity index (χ1v) is 10.6. The van der Waals surface area contributed by atoms with Gasteiger partial charge in [0.25, 0.3) is 5.91 Å². The lowest BCUT2D eigenvalue weighted by Gasteiger charge is -2.05. The number of carbonyl (C=O) groups is 2. The molecule has 0 fully saturated rings. The van der Waals surface area contributed by atoms with Gasteiger partial charge in [-0.2, -0.15) is 0 Å². The molecule has 0 radical (unpaired) electrons. The van der Waals surface area contributed by atoms with E-state index in [0.717, 1.165) is 5.56 Å². The number of primary amides is 1. The Hall–Kier alpha value is -3.43. The van der Waals surface area contributed by atoms with Gasteiger partial charge in [0.15, 0.2) is 15.5 Å². The molecule has 0 spiro atoms. The van der Waals surface area contributed by atoms with Gasteiger partial charge in [0.05, 0.1) is 11.1 Å². The number of fused-ring (bicyclic) bond motifs is 1. The van der Waals surface area contributed by atoms with E-state index >= 15 is 0 Å². The molecule has 2 amide bonds. The summed E-state index contributed by atoms with van der Waals surface area (Å²) in [6.07, 6.45) is 0. The fraction of sp³-hybridized carbons (Fsp3) is 0.0476. The van der Waals surface area contributed by atoms with Crippen LogP contribution in [0, 0.1) is 0 Å². The summed E-state index contributed by atoms with van der Waals surface area (Å²) < 4.78 is 6.20. The summed E-state index contributed by atoms with van der Waals surface area (Å²) in [6, 6.07) is 17.2. The van der Waals surface area contributed by atoms with Gasteiger partial charge in [0.2, 0.25) is 5.91 Å². The average Bonchev–Trinajstić information content (AvgIpc) is 3.15. The number of amides is 2. The van der Waals surface area contributed by atoms with E-state index in [9.17, 15) is 14.4 Å². The van der Waals surface area contributed by atoms with Crippen LogP contribution in [-0.2, 0) is 4.79 Å². The molecule has 4 aromatic rings. The highest BCUT2D eigenvalue weighted by atomic mass is 32.2. The van der Waals surface area contributed by atoms with Gasteiger partial charge in [0, 0.05) is 11.6 Å². The number of nitrogens with zero attached hydrogens (tertiary/aromatic N) is 1. The number of hydrogen-bond donors (Lipinski definition) is 2. The molecule has 9 heteroatoms. The second-order valence-electron chi connectivity index (χ2n) is 6.20. The minimum Gasteiger partial charge on any atom is -0.451 e. The van der Waals surface area contributed by atoms with Gasteiger partial charge in [-0.1, -0.05) is 65.6 Å². The molecule has 3 N–H and O–H groups in total. The maximum atomic E-state index is 12.8. The van der Waals surface area contributed by atoms with E-state index in [2.05, 4.69) is 10.3 Å². The number of carbonyl (C=O) groups excluding carboxylic acids is 2. The fourth-order valence-corrected chi connectivity index (χ4v) is 4.55. The minimum absolute atomic E-state index is 0.0781. The Kier molecular flexibility index (Phi) is 5.64. The lowest BCUT2D eigenvalue weighted by Crippen LogP contribution is -2.14. The summed E-state index contributed by atoms with van der Waals surface area (Å²) in [5, 5.41) is 3.67. The number of nitrogens with one attached hydrogen (secondary N) is 1. The summed E-state index contributed by atoms with van der Waals surface area (Å²) in [4.78, 5) is 40.8. The van der Waals surface area contributed by atoms with Crippen LogP contribution < -0.4 is 16.5 Å². The lowest BCUT2D eigenvalue weighted by molar-refractivity contribution is -0.115. The molecule has 0 atom stereocenters. The second-order valence-corrected chi connectivity index (χ2v) is 8.43. The zero-order valence-electron chi connectivity index (χ0n) is 15.5. The molecule has 4 rings (SSSR count). The third-order valence-electron chi connectivity index (χ3n) is 4.08. The Morgan fingerprint density at radius 3 is 2.60 bits per heavy atom. The van der Waals surface area contributed by atoms with Crippen LogP contribution in [0.3, 0.4) is 0 Å². The largest absolute Gasteiger partial charge is 0.451 e. The van der Waals surface area contributed by atoms with E-state index in [1.54, 1.807) is 24.3 Å². The molecule has 150 valence electrons. The second kappa shape index (κ2) is 8.52. The van der Waals surface area contributed by atoms with Crippen LogP contribution in [-0.4, -0.2) is 22.6 Å². The van der Waals surface area contributed by atoms with Gasteiger partial charge in [-0.15, -0.1) is 0 Å². The predicted molar refractivity (Wildman–Crippen MR) is 118 cm³/mol. The standard InChI is InChI=1S/C21H15N3O4S2/c22-17(26)11-29-21-23-18(12-6-2-1-3-7-12)20(30-21)24-19(27)16-10-14(25)13-8-4-5-9-15(13)28-16/h1-10H,11H2,(H2,22,26)(H,24,27). The van der Waals surface area contributed by atoms with Crippen LogP contribution in [0.2, 0.25) is 0 Å². The molecule has 2 aromatic carbocycles. The first-order valence-electron chi connectivity index (χ1n) is 8.83. The Labute approximate surface area is 178 Å². The number of benzene rings is 2. The smallest absolute Gasteiger partial charge is 0.292 e. The van der Waals surface area contributed by atoms with Crippen LogP contribution >= 0.6 is 23.1 Å². The maximum Gasteiger partial charge on any atom is 0.292 e. The highest BCUT2D eigenvalue weighted by Gasteiger charge is 2.19. The molecule has 2 heterocycles. The van der Waals surface area contributed by atoms with Gasteiger partial charge in [-0.05, 0) is 12.1 Å². The highest BCUT2D eigenvalue weighted by molar-refractivity contribution is 8.01. The Bertz CT molecular complexity index is 1300. The lowest BCUT2D eigenvalue weighted by atomic mass is 10.1. The number of thiazole rings is 1. The van der Waals surface area contributed by atoms with Crippen LogP contribution in [0.15, 0.2) is 74.2 Å². The third-order valence-corrected chi connectivity index (χ3v) is 6.21. The molecule has 0 bridgehead atoms. The van der Waals surface area contributed by atoms with E-state index in [1.807, 2.05) is 30.3 Å². The third kappa shape index (κ3) is 4.27. The summed E-state index contributed by atoms with van der Waals surface area (Å²) in [7, 11) is 0. The number of anilines is 1. The first-order chi connectivity index (χ1) is 14.5. The highest BCUT2D eigenvalue weighted by Crippen LogP contribution is 2.37. The average molecular weight is 438 g/mol. The van der Waals surface area contributed by atoms with E-state index in [1.165, 1.54) is 29.2 Å². The monoisotopic (exact) mass is 437 g/mol. The fourth-order valence-electron chi connectivity index (χ4n) is 2.75. The molecule has 2 aromatic heterocycles. The summed E-state index contributed by atoms with van der Waals surface area (Å²) in [5.41, 5.74) is 6.61. The Balaban J connectivity index is 1.68. The number of nitrogens with two attached hydrogens (primary N) is 1. The molecule has 30 heavy (non-hydrogen) atoms. The van der Waals surface area contributed by atoms with Crippen molar-refractivity contribution in [1.82, 2.24) is 4.98 Å². The van der Waals surface area contributed by atoms with E-state index in [-0.39, 0.29) is 16.9 Å². The van der Waals surface area contributed by atoms with Gasteiger partial charge in [-0.25, -0.2) is 4.98 Å². The van der Waals surface area contributed by atoms with Crippen molar-refractivity contribution in [2.75, 3.05) is 11.1 Å². The number of aromatic nitrogens is 1. The van der Waals surface area contributed by atoms with Crippen molar-refractivity contribution in [2.24, 2.45) is 5.73 Å². The van der Waals surface area contributed by atoms with Gasteiger partial charge < -0.3 is 15.5 Å². The summed E-state index contributed by atoms with van der Waals surface area (Å²) >= 11 is 2.41. The minimum atomic E-state index is -0.565. The predicted octanol–water partition coefficient (Wildman–Crippen LogP) is 3.75. The van der Waals surface area contributed by atoms with Crippen molar-refractivity contribution >= 4 is 50.9 Å². The van der Waals surface area contributed by atoms with Gasteiger partial charge >= 0.3 is 0 Å². The van der Waals surface area contributed by atoms with Crippen molar-refractivity contribution in [3.63, 3.8) is 0 Å². The number of rotatable bonds is 6. The Morgan fingerprint density at radius 2 is 1.83 bits per heavy atom. The first kappa shape index (κ1) is 19.9. The van der Waals surface area contributed by atoms with Crippen molar-refractivity contribution in [2.45, 2.75) is 4.34 Å². The van der Waals surface area contributed by atoms with Crippen molar-refractivity contribution in [3.8, 4) is 11.3 Å². The van der Waals surface area contributed by atoms with Crippen molar-refractivity contribution < 1.29 is 14.0 Å². The number of para-hydroxylation sites is 1. The van der Waals surface area contributed by atoms with Gasteiger partial charge in [-0.3, -0.25) is 14.4 Å². The molecule has 0 saturated heterocycles. The topological polar surface area (TPSA) is 115 Å². The molecule has 0 aliphatic heterocycles. The van der Waals surface area contributed by atoms with Crippen LogP contribution in [0.5, 0.6) is 0 Å². The Morgan fingerprint density at radius 1 is 1.10 bits per heavy atom. The summed E-state index contributed by atoms with van der Waals surface area (Å²) in [6.45, 7) is 0. The molecule has 0 saturated carbocycles. The summed E-state index contributed by atoms with van der Waals surface area (Å²) in [5.74, 6) is -1.04. The molecule has 0 aliphatic carbocycles. The van der Waals surface area contributed by atoms with E-state index in [4.69, 9.17) is 10.2 Å². The zero-order valence-corrected chi connectivity index (χ0v) is 17.1. The number of thioether (sulfide) groups is 1. The normalized spacial score (nSPS) is 10.8. The van der Waals surface area contributed by atoms with E-state index < -0.39 is 11.8 Å². The maximum absolute atomic E-state index is 12.8. The molecule has 0 aliphatic rings. The van der Waals surface area contributed by atoms with Crippen molar-refractivity contribution in [3.05, 3.63) is 76.6 Å². The zero-order chi connectivity index (χ0) is 21.1. The van der Waals surface area contributed by atoms with Crippen molar-refractivity contribution in [1.29, 1.82) is 0 Å². The molecule has 0 unspecified atom stereocenters.